The lowest BCUT2D eigenvalue weighted by atomic mass is 9.89. The average molecular weight is 457 g/mol. The van der Waals surface area contributed by atoms with Crippen LogP contribution in [0.3, 0.4) is 0 Å². The highest BCUT2D eigenvalue weighted by molar-refractivity contribution is 7.10. The minimum absolute atomic E-state index is 0.260. The summed E-state index contributed by atoms with van der Waals surface area (Å²) in [5.74, 6) is -0.189. The highest BCUT2D eigenvalue weighted by atomic mass is 32.1. The van der Waals surface area contributed by atoms with Crippen molar-refractivity contribution in [3.63, 3.8) is 0 Å². The summed E-state index contributed by atoms with van der Waals surface area (Å²) < 4.78 is 0. The van der Waals surface area contributed by atoms with Crippen molar-refractivity contribution in [3.05, 3.63) is 113 Å². The molecular formula is C29H28O3S. The zero-order valence-corrected chi connectivity index (χ0v) is 19.2. The van der Waals surface area contributed by atoms with Gasteiger partial charge in [-0.05, 0) is 52.4 Å². The number of phenolic OH excluding ortho intramolecular Hbond substituents is 1. The molecule has 3 nitrogen and oxygen atoms in total. The van der Waals surface area contributed by atoms with Gasteiger partial charge in [0.25, 0.3) is 0 Å². The van der Waals surface area contributed by atoms with Crippen LogP contribution in [-0.4, -0.2) is 21.4 Å². The Balaban J connectivity index is 1.63. The Morgan fingerprint density at radius 2 is 1.61 bits per heavy atom. The number of hydrogen-bond donors (Lipinski definition) is 3. The van der Waals surface area contributed by atoms with Crippen molar-refractivity contribution in [2.45, 2.75) is 25.0 Å². The maximum absolute atomic E-state index is 11.0. The fourth-order valence-corrected chi connectivity index (χ4v) is 4.98. The predicted octanol–water partition coefficient (Wildman–Crippen LogP) is 6.82. The van der Waals surface area contributed by atoms with Gasteiger partial charge in [0, 0.05) is 16.2 Å². The van der Waals surface area contributed by atoms with Gasteiger partial charge in [0.15, 0.2) is 0 Å². The lowest BCUT2D eigenvalue weighted by molar-refractivity contribution is 0.0343. The van der Waals surface area contributed by atoms with Gasteiger partial charge in [-0.2, -0.15) is 0 Å². The topological polar surface area (TPSA) is 60.7 Å². The second-order valence-electron chi connectivity index (χ2n) is 8.13. The van der Waals surface area contributed by atoms with Crippen LogP contribution in [0, 0.1) is 5.92 Å². The molecule has 1 heterocycles. The highest BCUT2D eigenvalue weighted by Gasteiger charge is 2.26. The van der Waals surface area contributed by atoms with E-state index in [1.165, 1.54) is 11.3 Å². The van der Waals surface area contributed by atoms with Gasteiger partial charge in [0.2, 0.25) is 0 Å². The van der Waals surface area contributed by atoms with Crippen LogP contribution >= 0.6 is 11.3 Å². The molecule has 4 rings (SSSR count). The molecule has 0 fully saturated rings. The number of aliphatic hydroxyl groups is 2. The Kier molecular flexibility index (Phi) is 7.40. The maximum Gasteiger partial charge on any atom is 0.123 e. The summed E-state index contributed by atoms with van der Waals surface area (Å²) >= 11 is 1.48. The molecule has 0 aliphatic carbocycles. The number of aromatic hydroxyl groups is 1. The Bertz CT molecular complexity index is 1230. The molecule has 4 heteroatoms. The Hall–Kier alpha value is -3.18. The number of allylic oxidation sites excluding steroid dienone is 1. The van der Waals surface area contributed by atoms with Crippen molar-refractivity contribution < 1.29 is 15.3 Å². The van der Waals surface area contributed by atoms with E-state index in [0.29, 0.717) is 12.8 Å². The fourth-order valence-electron chi connectivity index (χ4n) is 4.21. The van der Waals surface area contributed by atoms with E-state index in [9.17, 15) is 15.3 Å². The molecule has 0 radical (unpaired) electrons. The van der Waals surface area contributed by atoms with Gasteiger partial charge < -0.3 is 15.3 Å². The van der Waals surface area contributed by atoms with Crippen molar-refractivity contribution in [3.8, 4) is 5.75 Å². The standard InChI is InChI=1S/C29H28O3S/c1-2-23(29(32)28-13-8-18-33-28)26(30)16-14-21(20-9-4-3-5-10-20)19-22-15-17-27(31)25-12-7-6-11-24(22)25/h2-13,15,17-19,23,26,29-32H,1,14,16H2/b21-19-/t23-,26-,29+/m1/s1. The van der Waals surface area contributed by atoms with Gasteiger partial charge in [0.1, 0.15) is 5.75 Å². The largest absolute Gasteiger partial charge is 0.507 e. The molecule has 0 unspecified atom stereocenters. The Labute approximate surface area is 198 Å². The molecule has 3 aromatic carbocycles. The van der Waals surface area contributed by atoms with E-state index in [-0.39, 0.29) is 5.75 Å². The number of hydrogen-bond acceptors (Lipinski definition) is 4. The third-order valence-corrected chi connectivity index (χ3v) is 6.98. The SMILES string of the molecule is C=C[C@H]([C@H](O)CC/C(=C/c1ccc(O)c2ccccc12)c1ccccc1)[C@H](O)c1cccs1. The molecule has 0 aliphatic rings. The predicted molar refractivity (Wildman–Crippen MR) is 138 cm³/mol. The molecule has 0 amide bonds. The van der Waals surface area contributed by atoms with Gasteiger partial charge >= 0.3 is 0 Å². The minimum atomic E-state index is -0.775. The number of aliphatic hydroxyl groups excluding tert-OH is 2. The summed E-state index contributed by atoms with van der Waals surface area (Å²) in [6.45, 7) is 3.85. The molecule has 0 saturated carbocycles. The third-order valence-electron chi connectivity index (χ3n) is 6.03. The van der Waals surface area contributed by atoms with E-state index in [4.69, 9.17) is 0 Å². The van der Waals surface area contributed by atoms with E-state index in [0.717, 1.165) is 32.3 Å². The third kappa shape index (κ3) is 5.25. The molecule has 168 valence electrons. The molecule has 4 aromatic rings. The van der Waals surface area contributed by atoms with Gasteiger partial charge in [0.05, 0.1) is 12.2 Å². The first-order chi connectivity index (χ1) is 16.1. The second kappa shape index (κ2) is 10.6. The first kappa shape index (κ1) is 23.0. The monoisotopic (exact) mass is 456 g/mol. The molecule has 3 atom stereocenters. The average Bonchev–Trinajstić information content (AvgIpc) is 3.39. The van der Waals surface area contributed by atoms with E-state index >= 15 is 0 Å². The summed E-state index contributed by atoms with van der Waals surface area (Å²) in [6.07, 6.45) is 3.38. The van der Waals surface area contributed by atoms with Crippen LogP contribution in [0.4, 0.5) is 0 Å². The highest BCUT2D eigenvalue weighted by Crippen LogP contribution is 2.34. The second-order valence-corrected chi connectivity index (χ2v) is 9.11. The van der Waals surface area contributed by atoms with Crippen molar-refractivity contribution >= 4 is 33.8 Å². The van der Waals surface area contributed by atoms with Crippen LogP contribution in [0.1, 0.15) is 34.9 Å². The van der Waals surface area contributed by atoms with Gasteiger partial charge in [-0.25, -0.2) is 0 Å². The lowest BCUT2D eigenvalue weighted by Gasteiger charge is -2.24. The Morgan fingerprint density at radius 1 is 0.879 bits per heavy atom. The van der Waals surface area contributed by atoms with Gasteiger partial charge in [-0.1, -0.05) is 78.9 Å². The fraction of sp³-hybridized carbons (Fsp3) is 0.172. The van der Waals surface area contributed by atoms with Crippen LogP contribution in [0.25, 0.3) is 22.4 Å². The van der Waals surface area contributed by atoms with Crippen LogP contribution in [0.15, 0.2) is 96.9 Å². The van der Waals surface area contributed by atoms with Crippen molar-refractivity contribution in [2.24, 2.45) is 5.92 Å². The minimum Gasteiger partial charge on any atom is -0.507 e. The van der Waals surface area contributed by atoms with Crippen LogP contribution in [0.2, 0.25) is 0 Å². The molecule has 0 spiro atoms. The lowest BCUT2D eigenvalue weighted by Crippen LogP contribution is -2.24. The molecule has 0 bridgehead atoms. The van der Waals surface area contributed by atoms with Crippen molar-refractivity contribution in [2.75, 3.05) is 0 Å². The molecular weight excluding hydrogens is 428 g/mol. The van der Waals surface area contributed by atoms with E-state index in [1.807, 2.05) is 66.0 Å². The molecule has 33 heavy (non-hydrogen) atoms. The summed E-state index contributed by atoms with van der Waals surface area (Å²) in [7, 11) is 0. The number of benzene rings is 3. The first-order valence-corrected chi connectivity index (χ1v) is 11.9. The van der Waals surface area contributed by atoms with E-state index in [1.54, 1.807) is 12.1 Å². The summed E-state index contributed by atoms with van der Waals surface area (Å²) in [6, 6.07) is 25.3. The number of phenols is 1. The first-order valence-electron chi connectivity index (χ1n) is 11.1. The molecule has 1 aromatic heterocycles. The van der Waals surface area contributed by atoms with Crippen molar-refractivity contribution in [1.82, 2.24) is 0 Å². The number of rotatable bonds is 9. The van der Waals surface area contributed by atoms with Crippen LogP contribution < -0.4 is 0 Å². The van der Waals surface area contributed by atoms with Crippen LogP contribution in [0.5, 0.6) is 5.75 Å². The number of fused-ring (bicyclic) bond motifs is 1. The molecule has 3 N–H and O–H groups in total. The number of thiophene rings is 1. The van der Waals surface area contributed by atoms with Gasteiger partial charge in [-0.3, -0.25) is 0 Å². The molecule has 0 aliphatic heterocycles. The van der Waals surface area contributed by atoms with Gasteiger partial charge in [-0.15, -0.1) is 17.9 Å². The smallest absolute Gasteiger partial charge is 0.123 e. The normalized spacial score (nSPS) is 14.7. The zero-order valence-electron chi connectivity index (χ0n) is 18.3. The van der Waals surface area contributed by atoms with Crippen LogP contribution in [-0.2, 0) is 0 Å². The van der Waals surface area contributed by atoms with E-state index in [2.05, 4.69) is 24.8 Å². The summed E-state index contributed by atoms with van der Waals surface area (Å²) in [5.41, 5.74) is 3.17. The molecule has 0 saturated heterocycles. The maximum atomic E-state index is 11.0. The summed E-state index contributed by atoms with van der Waals surface area (Å²) in [4.78, 5) is 0.827. The zero-order chi connectivity index (χ0) is 23.2. The van der Waals surface area contributed by atoms with Crippen molar-refractivity contribution in [1.29, 1.82) is 0 Å². The quantitative estimate of drug-likeness (QED) is 0.191. The Morgan fingerprint density at radius 3 is 2.30 bits per heavy atom. The van der Waals surface area contributed by atoms with E-state index < -0.39 is 18.1 Å². The summed E-state index contributed by atoms with van der Waals surface area (Å²) in [5, 5.41) is 35.7.